The molecule has 0 aliphatic carbocycles. The van der Waals surface area contributed by atoms with Crippen LogP contribution in [-0.4, -0.2) is 44.2 Å². The number of likely N-dealkylation sites (N-methyl/N-ethyl adjacent to an activating group) is 2. The summed E-state index contributed by atoms with van der Waals surface area (Å²) in [6, 6.07) is 0. The van der Waals surface area contributed by atoms with Crippen molar-refractivity contribution in [1.29, 1.82) is 0 Å². The lowest BCUT2D eigenvalue weighted by Gasteiger charge is -2.17. The molecule has 0 aromatic rings. The van der Waals surface area contributed by atoms with E-state index in [0.717, 1.165) is 4.90 Å². The summed E-state index contributed by atoms with van der Waals surface area (Å²) in [5, 5.41) is 2.57. The Kier molecular flexibility index (Phi) is 4.76. The van der Waals surface area contributed by atoms with E-state index in [-0.39, 0.29) is 19.0 Å². The molecule has 78 valence electrons. The molecule has 6 heteroatoms. The zero-order valence-corrected chi connectivity index (χ0v) is 7.61. The van der Waals surface area contributed by atoms with Gasteiger partial charge in [0.25, 0.3) is 0 Å². The first-order chi connectivity index (χ1) is 5.87. The third-order valence-corrected chi connectivity index (χ3v) is 1.48. The Morgan fingerprint density at radius 2 is 2.00 bits per heavy atom. The van der Waals surface area contributed by atoms with Crippen LogP contribution in [0, 0.1) is 0 Å². The molecule has 0 bridgehead atoms. The van der Waals surface area contributed by atoms with Gasteiger partial charge in [-0.1, -0.05) is 0 Å². The molecule has 0 heterocycles. The van der Waals surface area contributed by atoms with Gasteiger partial charge in [-0.3, -0.25) is 4.79 Å². The Morgan fingerprint density at radius 3 is 2.38 bits per heavy atom. The van der Waals surface area contributed by atoms with Gasteiger partial charge in [-0.05, 0) is 7.05 Å². The summed E-state index contributed by atoms with van der Waals surface area (Å²) in [6.45, 7) is -0.224. The molecule has 0 rings (SSSR count). The number of hydrogen-bond acceptors (Lipinski definition) is 2. The second-order valence-corrected chi connectivity index (χ2v) is 2.71. The Morgan fingerprint density at radius 1 is 1.46 bits per heavy atom. The minimum atomic E-state index is -4.20. The van der Waals surface area contributed by atoms with Crippen molar-refractivity contribution in [2.45, 2.75) is 12.6 Å². The van der Waals surface area contributed by atoms with Crippen molar-refractivity contribution in [3.8, 4) is 0 Å². The fraction of sp³-hybridized carbons (Fsp3) is 0.857. The number of alkyl halides is 3. The zero-order valence-electron chi connectivity index (χ0n) is 7.61. The molecule has 0 atom stereocenters. The summed E-state index contributed by atoms with van der Waals surface area (Å²) in [5.41, 5.74) is 0. The highest BCUT2D eigenvalue weighted by Crippen LogP contribution is 2.19. The normalized spacial score (nSPS) is 11.5. The second kappa shape index (κ2) is 5.06. The maximum Gasteiger partial charge on any atom is 0.390 e. The highest BCUT2D eigenvalue weighted by Gasteiger charge is 2.27. The predicted molar refractivity (Wildman–Crippen MR) is 42.2 cm³/mol. The summed E-state index contributed by atoms with van der Waals surface area (Å²) < 4.78 is 35.1. The molecular weight excluding hydrogens is 185 g/mol. The molecule has 0 unspecified atom stereocenters. The van der Waals surface area contributed by atoms with Gasteiger partial charge in [0, 0.05) is 13.6 Å². The van der Waals surface area contributed by atoms with Crippen LogP contribution in [0.25, 0.3) is 0 Å². The first-order valence-corrected chi connectivity index (χ1v) is 3.82. The van der Waals surface area contributed by atoms with Crippen LogP contribution in [-0.2, 0) is 4.79 Å². The molecule has 1 amide bonds. The largest absolute Gasteiger partial charge is 0.390 e. The van der Waals surface area contributed by atoms with Crippen LogP contribution in [0.5, 0.6) is 0 Å². The Labute approximate surface area is 74.9 Å². The third kappa shape index (κ3) is 6.39. The van der Waals surface area contributed by atoms with Gasteiger partial charge in [0.15, 0.2) is 0 Å². The van der Waals surface area contributed by atoms with Crippen LogP contribution in [0.1, 0.15) is 6.42 Å². The first-order valence-electron chi connectivity index (χ1n) is 3.82. The van der Waals surface area contributed by atoms with Crippen molar-refractivity contribution in [2.75, 3.05) is 27.2 Å². The Balaban J connectivity index is 3.74. The molecule has 0 saturated carbocycles. The van der Waals surface area contributed by atoms with Crippen LogP contribution < -0.4 is 5.32 Å². The summed E-state index contributed by atoms with van der Waals surface area (Å²) in [7, 11) is 2.92. The SMILES string of the molecule is CNCC(=O)N(C)CCC(F)(F)F. The number of carbonyl (C=O) groups excluding carboxylic acids is 1. The van der Waals surface area contributed by atoms with E-state index in [1.165, 1.54) is 7.05 Å². The number of halogens is 3. The molecule has 0 aliphatic heterocycles. The van der Waals surface area contributed by atoms with Crippen molar-refractivity contribution in [1.82, 2.24) is 10.2 Å². The summed E-state index contributed by atoms with van der Waals surface area (Å²) in [6.07, 6.45) is -5.16. The smallest absolute Gasteiger partial charge is 0.344 e. The number of rotatable bonds is 4. The van der Waals surface area contributed by atoms with Gasteiger partial charge >= 0.3 is 6.18 Å². The second-order valence-electron chi connectivity index (χ2n) is 2.71. The molecule has 13 heavy (non-hydrogen) atoms. The fourth-order valence-electron chi connectivity index (χ4n) is 0.705. The van der Waals surface area contributed by atoms with Crippen LogP contribution >= 0.6 is 0 Å². The van der Waals surface area contributed by atoms with Gasteiger partial charge < -0.3 is 10.2 Å². The molecule has 3 nitrogen and oxygen atoms in total. The van der Waals surface area contributed by atoms with Crippen LogP contribution in [0.2, 0.25) is 0 Å². The molecule has 0 spiro atoms. The quantitative estimate of drug-likeness (QED) is 0.718. The number of nitrogens with zero attached hydrogens (tertiary/aromatic N) is 1. The lowest BCUT2D eigenvalue weighted by atomic mass is 10.4. The maximum atomic E-state index is 11.7. The van der Waals surface area contributed by atoms with Gasteiger partial charge in [-0.25, -0.2) is 0 Å². The zero-order chi connectivity index (χ0) is 10.5. The average molecular weight is 198 g/mol. The van der Waals surface area contributed by atoms with E-state index in [9.17, 15) is 18.0 Å². The maximum absolute atomic E-state index is 11.7. The summed E-state index contributed by atoms with van der Waals surface area (Å²) in [4.78, 5) is 12.0. The van der Waals surface area contributed by atoms with E-state index >= 15 is 0 Å². The molecule has 1 N–H and O–H groups in total. The minimum Gasteiger partial charge on any atom is -0.344 e. The van der Waals surface area contributed by atoms with Gasteiger partial charge in [0.05, 0.1) is 13.0 Å². The highest BCUT2D eigenvalue weighted by atomic mass is 19.4. The molecule has 0 fully saturated rings. The van der Waals surface area contributed by atoms with Crippen molar-refractivity contribution >= 4 is 5.91 Å². The molecule has 0 radical (unpaired) electrons. The van der Waals surface area contributed by atoms with Gasteiger partial charge in [-0.2, -0.15) is 13.2 Å². The van der Waals surface area contributed by atoms with Crippen LogP contribution in [0.4, 0.5) is 13.2 Å². The summed E-state index contributed by atoms with van der Waals surface area (Å²) >= 11 is 0. The van der Waals surface area contributed by atoms with E-state index in [1.54, 1.807) is 7.05 Å². The van der Waals surface area contributed by atoms with Crippen molar-refractivity contribution in [3.63, 3.8) is 0 Å². The Bertz CT molecular complexity index is 170. The number of carbonyl (C=O) groups is 1. The van der Waals surface area contributed by atoms with E-state index < -0.39 is 12.6 Å². The molecular formula is C7H13F3N2O. The number of amides is 1. The third-order valence-electron chi connectivity index (χ3n) is 1.48. The standard InChI is InChI=1S/C7H13F3N2O/c1-11-5-6(13)12(2)4-3-7(8,9)10/h11H,3-5H2,1-2H3. The topological polar surface area (TPSA) is 32.3 Å². The van der Waals surface area contributed by atoms with Crippen LogP contribution in [0.3, 0.4) is 0 Å². The monoisotopic (exact) mass is 198 g/mol. The minimum absolute atomic E-state index is 0.0638. The number of nitrogens with one attached hydrogen (secondary N) is 1. The lowest BCUT2D eigenvalue weighted by Crippen LogP contribution is -2.36. The van der Waals surface area contributed by atoms with Crippen molar-refractivity contribution in [2.24, 2.45) is 0 Å². The van der Waals surface area contributed by atoms with Gasteiger partial charge in [0.2, 0.25) is 5.91 Å². The molecule has 0 aliphatic rings. The average Bonchev–Trinajstić information content (AvgIpc) is 1.99. The Hall–Kier alpha value is -0.780. The highest BCUT2D eigenvalue weighted by molar-refractivity contribution is 5.77. The fourth-order valence-corrected chi connectivity index (χ4v) is 0.705. The first kappa shape index (κ1) is 12.2. The van der Waals surface area contributed by atoms with E-state index in [1.807, 2.05) is 0 Å². The van der Waals surface area contributed by atoms with E-state index in [4.69, 9.17) is 0 Å². The molecule has 0 aromatic heterocycles. The van der Waals surface area contributed by atoms with E-state index in [2.05, 4.69) is 5.32 Å². The predicted octanol–water partition coefficient (Wildman–Crippen LogP) is 0.617. The van der Waals surface area contributed by atoms with Gasteiger partial charge in [0.1, 0.15) is 0 Å². The van der Waals surface area contributed by atoms with E-state index in [0.29, 0.717) is 0 Å². The summed E-state index contributed by atoms with van der Waals surface area (Å²) in [5.74, 6) is -0.341. The molecule has 0 saturated heterocycles. The van der Waals surface area contributed by atoms with Crippen molar-refractivity contribution in [3.05, 3.63) is 0 Å². The van der Waals surface area contributed by atoms with Crippen LogP contribution in [0.15, 0.2) is 0 Å². The number of hydrogen-bond donors (Lipinski definition) is 1. The van der Waals surface area contributed by atoms with Crippen molar-refractivity contribution < 1.29 is 18.0 Å². The van der Waals surface area contributed by atoms with Gasteiger partial charge in [-0.15, -0.1) is 0 Å². The molecule has 0 aromatic carbocycles. The lowest BCUT2D eigenvalue weighted by molar-refractivity contribution is -0.143.